The van der Waals surface area contributed by atoms with Gasteiger partial charge in [-0.2, -0.15) is 18.4 Å². The maximum Gasteiger partial charge on any atom is 0.416 e. The number of nitriles is 1. The molecule has 5 nitrogen and oxygen atoms in total. The molecule has 1 aliphatic heterocycles. The van der Waals surface area contributed by atoms with Crippen LogP contribution < -0.4 is 4.90 Å². The summed E-state index contributed by atoms with van der Waals surface area (Å²) in [5.41, 5.74) is 1.40. The summed E-state index contributed by atoms with van der Waals surface area (Å²) in [6.45, 7) is 0. The minimum absolute atomic E-state index is 0.134. The van der Waals surface area contributed by atoms with Crippen LogP contribution in [0.3, 0.4) is 0 Å². The van der Waals surface area contributed by atoms with Crippen LogP contribution in [0, 0.1) is 11.3 Å². The predicted molar refractivity (Wildman–Crippen MR) is 130 cm³/mol. The summed E-state index contributed by atoms with van der Waals surface area (Å²) >= 11 is 7.02. The largest absolute Gasteiger partial charge is 0.416 e. The fraction of sp³-hybridized carbons (Fsp3) is 0.231. The highest BCUT2D eigenvalue weighted by Gasteiger charge is 2.42. The van der Waals surface area contributed by atoms with Crippen molar-refractivity contribution < 1.29 is 22.8 Å². The number of benzene rings is 2. The summed E-state index contributed by atoms with van der Waals surface area (Å²) in [6, 6.07) is 15.2. The maximum atomic E-state index is 13.2. The van der Waals surface area contributed by atoms with Crippen molar-refractivity contribution >= 4 is 40.9 Å². The quantitative estimate of drug-likeness (QED) is 0.350. The van der Waals surface area contributed by atoms with Gasteiger partial charge in [-0.05, 0) is 54.8 Å². The van der Waals surface area contributed by atoms with E-state index in [1.165, 1.54) is 6.07 Å². The van der Waals surface area contributed by atoms with Gasteiger partial charge in [-0.15, -0.1) is 0 Å². The summed E-state index contributed by atoms with van der Waals surface area (Å²) in [6.07, 6.45) is -2.89. The first kappa shape index (κ1) is 24.3. The van der Waals surface area contributed by atoms with E-state index in [0.29, 0.717) is 15.6 Å². The number of rotatable bonds is 5. The molecule has 0 N–H and O–H groups in total. The normalized spacial score (nSPS) is 18.0. The van der Waals surface area contributed by atoms with Gasteiger partial charge in [0.2, 0.25) is 11.8 Å². The van der Waals surface area contributed by atoms with Crippen molar-refractivity contribution in [3.05, 3.63) is 76.4 Å². The molecule has 3 aromatic rings. The first-order chi connectivity index (χ1) is 17.2. The van der Waals surface area contributed by atoms with Gasteiger partial charge in [-0.1, -0.05) is 41.6 Å². The molecular weight excluding hydrogens is 511 g/mol. The standard InChI is InChI=1S/C26H17ClF3N3O2S/c27-17-8-6-14(7-9-17)19-11-21(15-4-5-15)32-24(20(19)13-31)36-22-12-23(34)33(25(22)35)18-3-1-2-16(10-18)26(28,29)30/h1-3,6-11,15,22H,4-5,12H2/t22-/m0/s1. The van der Waals surface area contributed by atoms with Crippen molar-refractivity contribution in [2.75, 3.05) is 4.90 Å². The lowest BCUT2D eigenvalue weighted by atomic mass is 10.0. The molecule has 1 saturated heterocycles. The SMILES string of the molecule is N#Cc1c(-c2ccc(Cl)cc2)cc(C2CC2)nc1S[C@H]1CC(=O)N(c2cccc(C(F)(F)F)c2)C1=O. The molecule has 1 saturated carbocycles. The minimum Gasteiger partial charge on any atom is -0.274 e. The van der Waals surface area contributed by atoms with Crippen LogP contribution in [0.25, 0.3) is 11.1 Å². The Labute approximate surface area is 213 Å². The van der Waals surface area contributed by atoms with Gasteiger partial charge < -0.3 is 0 Å². The Kier molecular flexibility index (Phi) is 6.27. The van der Waals surface area contributed by atoms with E-state index in [2.05, 4.69) is 11.1 Å². The highest BCUT2D eigenvalue weighted by Crippen LogP contribution is 2.44. The number of anilines is 1. The molecule has 0 spiro atoms. The van der Waals surface area contributed by atoms with Crippen LogP contribution in [0.15, 0.2) is 59.6 Å². The second-order valence-electron chi connectivity index (χ2n) is 8.59. The van der Waals surface area contributed by atoms with Gasteiger partial charge in [-0.25, -0.2) is 9.88 Å². The van der Waals surface area contributed by atoms with Crippen LogP contribution >= 0.6 is 23.4 Å². The third-order valence-corrected chi connectivity index (χ3v) is 7.48. The van der Waals surface area contributed by atoms with E-state index in [-0.39, 0.29) is 23.6 Å². The highest BCUT2D eigenvalue weighted by molar-refractivity contribution is 8.00. The number of amides is 2. The summed E-state index contributed by atoms with van der Waals surface area (Å²) in [4.78, 5) is 31.3. The lowest BCUT2D eigenvalue weighted by Gasteiger charge is -2.17. The van der Waals surface area contributed by atoms with Crippen molar-refractivity contribution in [2.24, 2.45) is 0 Å². The van der Waals surface area contributed by atoms with E-state index in [1.807, 2.05) is 6.07 Å². The van der Waals surface area contributed by atoms with Crippen LogP contribution in [-0.2, 0) is 15.8 Å². The highest BCUT2D eigenvalue weighted by atomic mass is 35.5. The van der Waals surface area contributed by atoms with E-state index in [4.69, 9.17) is 11.6 Å². The zero-order valence-electron chi connectivity index (χ0n) is 18.6. The Morgan fingerprint density at radius 2 is 1.81 bits per heavy atom. The Balaban J connectivity index is 1.49. The monoisotopic (exact) mass is 527 g/mol. The number of carbonyl (C=O) groups excluding carboxylic acids is 2. The summed E-state index contributed by atoms with van der Waals surface area (Å²) < 4.78 is 39.5. The molecule has 2 aliphatic rings. The third kappa shape index (κ3) is 4.71. The second kappa shape index (κ2) is 9.26. The van der Waals surface area contributed by atoms with E-state index >= 15 is 0 Å². The Hall–Kier alpha value is -3.35. The molecule has 2 fully saturated rings. The molecule has 0 radical (unpaired) electrons. The number of halogens is 4. The fourth-order valence-corrected chi connectivity index (χ4v) is 5.36. The first-order valence-corrected chi connectivity index (χ1v) is 12.3. The molecule has 0 unspecified atom stereocenters. The van der Waals surface area contributed by atoms with Crippen molar-refractivity contribution in [3.63, 3.8) is 0 Å². The molecule has 1 aromatic heterocycles. The average molecular weight is 528 g/mol. The predicted octanol–water partition coefficient (Wildman–Crippen LogP) is 6.59. The van der Waals surface area contributed by atoms with Gasteiger partial charge in [-0.3, -0.25) is 9.59 Å². The summed E-state index contributed by atoms with van der Waals surface area (Å²) in [5, 5.41) is 9.95. The number of carbonyl (C=O) groups is 2. The van der Waals surface area contributed by atoms with Crippen molar-refractivity contribution in [1.82, 2.24) is 4.98 Å². The molecule has 182 valence electrons. The molecule has 36 heavy (non-hydrogen) atoms. The van der Waals surface area contributed by atoms with Crippen LogP contribution in [0.2, 0.25) is 5.02 Å². The average Bonchev–Trinajstić information content (AvgIpc) is 3.65. The lowest BCUT2D eigenvalue weighted by Crippen LogP contribution is -2.31. The molecular formula is C26H17ClF3N3O2S. The zero-order chi connectivity index (χ0) is 25.6. The van der Waals surface area contributed by atoms with Crippen molar-refractivity contribution in [2.45, 2.75) is 41.6 Å². The number of alkyl halides is 3. The molecule has 5 rings (SSSR count). The van der Waals surface area contributed by atoms with E-state index < -0.39 is 28.8 Å². The van der Waals surface area contributed by atoms with Crippen molar-refractivity contribution in [3.8, 4) is 17.2 Å². The summed E-state index contributed by atoms with van der Waals surface area (Å²) in [7, 11) is 0. The molecule has 2 heterocycles. The lowest BCUT2D eigenvalue weighted by molar-refractivity contribution is -0.137. The molecule has 0 bridgehead atoms. The van der Waals surface area contributed by atoms with Gasteiger partial charge in [0.15, 0.2) is 0 Å². The summed E-state index contributed by atoms with van der Waals surface area (Å²) in [5.74, 6) is -0.989. The number of pyridine rings is 1. The smallest absolute Gasteiger partial charge is 0.274 e. The Morgan fingerprint density at radius 1 is 1.08 bits per heavy atom. The number of hydrogen-bond acceptors (Lipinski definition) is 5. The number of thioether (sulfide) groups is 1. The molecule has 10 heteroatoms. The third-order valence-electron chi connectivity index (χ3n) is 6.06. The molecule has 1 aliphatic carbocycles. The van der Waals surface area contributed by atoms with Gasteiger partial charge in [0.1, 0.15) is 11.1 Å². The number of nitrogens with zero attached hydrogens (tertiary/aromatic N) is 3. The first-order valence-electron chi connectivity index (χ1n) is 11.1. The van der Waals surface area contributed by atoms with Crippen LogP contribution in [0.5, 0.6) is 0 Å². The maximum absolute atomic E-state index is 13.2. The fourth-order valence-electron chi connectivity index (χ4n) is 4.10. The molecule has 2 amide bonds. The minimum atomic E-state index is -4.61. The molecule has 1 atom stereocenters. The second-order valence-corrected chi connectivity index (χ2v) is 10.2. The van der Waals surface area contributed by atoms with Crippen molar-refractivity contribution in [1.29, 1.82) is 5.26 Å². The van der Waals surface area contributed by atoms with E-state index in [9.17, 15) is 28.0 Å². The van der Waals surface area contributed by atoms with E-state index in [0.717, 1.165) is 59.0 Å². The Morgan fingerprint density at radius 3 is 2.44 bits per heavy atom. The van der Waals surface area contributed by atoms with Crippen LogP contribution in [0.4, 0.5) is 18.9 Å². The van der Waals surface area contributed by atoms with Gasteiger partial charge in [0.25, 0.3) is 0 Å². The van der Waals surface area contributed by atoms with Gasteiger partial charge in [0, 0.05) is 28.6 Å². The topological polar surface area (TPSA) is 74.1 Å². The van der Waals surface area contributed by atoms with E-state index in [1.54, 1.807) is 24.3 Å². The molecule has 2 aromatic carbocycles. The number of aromatic nitrogens is 1. The van der Waals surface area contributed by atoms with Crippen LogP contribution in [-0.4, -0.2) is 22.0 Å². The van der Waals surface area contributed by atoms with Crippen LogP contribution in [0.1, 0.15) is 42.0 Å². The number of hydrogen-bond donors (Lipinski definition) is 0. The zero-order valence-corrected chi connectivity index (χ0v) is 20.1. The Bertz CT molecular complexity index is 1420. The van der Waals surface area contributed by atoms with Gasteiger partial charge in [0.05, 0.1) is 22.1 Å². The van der Waals surface area contributed by atoms with Gasteiger partial charge >= 0.3 is 6.18 Å². The number of imide groups is 1.